The standard InChI is InChI=1S/C19H23N3O2/c1-14-6-7-15(2)18(12-14)20-19(24)22-10-8-21(9-11-22)16-4-3-5-17(23)13-16/h3-7,12-13,23H,8-11H2,1-2H3,(H,20,24). The Labute approximate surface area is 142 Å². The van der Waals surface area contributed by atoms with Crippen LogP contribution in [0.25, 0.3) is 0 Å². The molecule has 5 heteroatoms. The van der Waals surface area contributed by atoms with Crippen molar-refractivity contribution < 1.29 is 9.90 Å². The third-order valence-corrected chi connectivity index (χ3v) is 4.40. The molecule has 0 unspecified atom stereocenters. The minimum atomic E-state index is -0.0562. The van der Waals surface area contributed by atoms with Crippen molar-refractivity contribution in [3.05, 3.63) is 53.6 Å². The SMILES string of the molecule is Cc1ccc(C)c(NC(=O)N2CCN(c3cccc(O)c3)CC2)c1. The summed E-state index contributed by atoms with van der Waals surface area (Å²) in [4.78, 5) is 16.5. The van der Waals surface area contributed by atoms with Gasteiger partial charge in [-0.1, -0.05) is 18.2 Å². The molecule has 126 valence electrons. The molecule has 24 heavy (non-hydrogen) atoms. The van der Waals surface area contributed by atoms with E-state index in [0.29, 0.717) is 13.1 Å². The van der Waals surface area contributed by atoms with E-state index in [1.165, 1.54) is 0 Å². The first kappa shape index (κ1) is 16.2. The van der Waals surface area contributed by atoms with E-state index in [1.54, 1.807) is 12.1 Å². The Morgan fingerprint density at radius 1 is 1.04 bits per heavy atom. The van der Waals surface area contributed by atoms with Crippen LogP contribution >= 0.6 is 0 Å². The van der Waals surface area contributed by atoms with Gasteiger partial charge in [-0.3, -0.25) is 0 Å². The van der Waals surface area contributed by atoms with Crippen LogP contribution in [0, 0.1) is 13.8 Å². The molecule has 1 saturated heterocycles. The summed E-state index contributed by atoms with van der Waals surface area (Å²) in [6.07, 6.45) is 0. The number of aromatic hydroxyl groups is 1. The van der Waals surface area contributed by atoms with Crippen molar-refractivity contribution in [2.45, 2.75) is 13.8 Å². The number of hydrogen-bond acceptors (Lipinski definition) is 3. The molecule has 2 aromatic rings. The Kier molecular flexibility index (Phi) is 4.60. The number of phenolic OH excluding ortho intramolecular Hbond substituents is 1. The molecule has 1 aliphatic heterocycles. The maximum atomic E-state index is 12.5. The van der Waals surface area contributed by atoms with Gasteiger partial charge in [-0.2, -0.15) is 0 Å². The van der Waals surface area contributed by atoms with Crippen LogP contribution in [0.15, 0.2) is 42.5 Å². The van der Waals surface area contributed by atoms with Crippen LogP contribution in [-0.2, 0) is 0 Å². The van der Waals surface area contributed by atoms with Gasteiger partial charge in [0, 0.05) is 43.6 Å². The fourth-order valence-corrected chi connectivity index (χ4v) is 2.92. The van der Waals surface area contributed by atoms with E-state index in [4.69, 9.17) is 0 Å². The molecule has 0 aromatic heterocycles. The second kappa shape index (κ2) is 6.83. The van der Waals surface area contributed by atoms with Crippen molar-refractivity contribution in [2.75, 3.05) is 36.4 Å². The number of rotatable bonds is 2. The van der Waals surface area contributed by atoms with Gasteiger partial charge in [-0.05, 0) is 43.2 Å². The van der Waals surface area contributed by atoms with Crippen LogP contribution in [0.1, 0.15) is 11.1 Å². The molecule has 0 radical (unpaired) electrons. The lowest BCUT2D eigenvalue weighted by Crippen LogP contribution is -2.50. The van der Waals surface area contributed by atoms with E-state index >= 15 is 0 Å². The smallest absolute Gasteiger partial charge is 0.321 e. The first-order valence-corrected chi connectivity index (χ1v) is 8.20. The van der Waals surface area contributed by atoms with Crippen LogP contribution < -0.4 is 10.2 Å². The molecule has 0 spiro atoms. The van der Waals surface area contributed by atoms with E-state index in [2.05, 4.69) is 10.2 Å². The highest BCUT2D eigenvalue weighted by molar-refractivity contribution is 5.90. The Hall–Kier alpha value is -2.69. The number of nitrogens with one attached hydrogen (secondary N) is 1. The van der Waals surface area contributed by atoms with E-state index < -0.39 is 0 Å². The number of nitrogens with zero attached hydrogens (tertiary/aromatic N) is 2. The average Bonchev–Trinajstić information content (AvgIpc) is 2.58. The molecule has 2 aromatic carbocycles. The molecule has 1 fully saturated rings. The number of urea groups is 1. The number of carbonyl (C=O) groups excluding carboxylic acids is 1. The van der Waals surface area contributed by atoms with Crippen LogP contribution in [-0.4, -0.2) is 42.2 Å². The van der Waals surface area contributed by atoms with Crippen molar-refractivity contribution in [3.8, 4) is 5.75 Å². The Morgan fingerprint density at radius 3 is 2.50 bits per heavy atom. The van der Waals surface area contributed by atoms with E-state index in [9.17, 15) is 9.90 Å². The van der Waals surface area contributed by atoms with E-state index in [-0.39, 0.29) is 11.8 Å². The number of anilines is 2. The molecular weight excluding hydrogens is 302 g/mol. The van der Waals surface area contributed by atoms with E-state index in [1.807, 2.05) is 49.1 Å². The molecule has 0 atom stereocenters. The van der Waals surface area contributed by atoms with Crippen LogP contribution in [0.2, 0.25) is 0 Å². The summed E-state index contributed by atoms with van der Waals surface area (Å²) in [6, 6.07) is 13.2. The van der Waals surface area contributed by atoms with Gasteiger partial charge in [-0.15, -0.1) is 0 Å². The fraction of sp³-hybridized carbons (Fsp3) is 0.316. The van der Waals surface area contributed by atoms with Gasteiger partial charge in [0.1, 0.15) is 5.75 Å². The zero-order chi connectivity index (χ0) is 17.1. The maximum Gasteiger partial charge on any atom is 0.321 e. The third kappa shape index (κ3) is 3.62. The minimum absolute atomic E-state index is 0.0562. The number of phenols is 1. The summed E-state index contributed by atoms with van der Waals surface area (Å²) >= 11 is 0. The van der Waals surface area contributed by atoms with Gasteiger partial charge in [0.25, 0.3) is 0 Å². The van der Waals surface area contributed by atoms with Crippen molar-refractivity contribution in [3.63, 3.8) is 0 Å². The Balaban J connectivity index is 1.60. The largest absolute Gasteiger partial charge is 0.508 e. The quantitative estimate of drug-likeness (QED) is 0.890. The highest BCUT2D eigenvalue weighted by atomic mass is 16.3. The summed E-state index contributed by atoms with van der Waals surface area (Å²) in [5.41, 5.74) is 4.05. The summed E-state index contributed by atoms with van der Waals surface area (Å²) in [6.45, 7) is 6.84. The predicted octanol–water partition coefficient (Wildman–Crippen LogP) is 3.36. The summed E-state index contributed by atoms with van der Waals surface area (Å²) in [7, 11) is 0. The molecule has 1 heterocycles. The Morgan fingerprint density at radius 2 is 1.79 bits per heavy atom. The zero-order valence-electron chi connectivity index (χ0n) is 14.1. The van der Waals surface area contributed by atoms with Crippen molar-refractivity contribution in [1.82, 2.24) is 4.90 Å². The van der Waals surface area contributed by atoms with E-state index in [0.717, 1.165) is 35.6 Å². The second-order valence-corrected chi connectivity index (χ2v) is 6.24. The van der Waals surface area contributed by atoms with Crippen molar-refractivity contribution in [2.24, 2.45) is 0 Å². The van der Waals surface area contributed by atoms with Gasteiger partial charge in [0.2, 0.25) is 0 Å². The van der Waals surface area contributed by atoms with Crippen LogP contribution in [0.3, 0.4) is 0 Å². The first-order valence-electron chi connectivity index (χ1n) is 8.20. The van der Waals surface area contributed by atoms with Crippen LogP contribution in [0.4, 0.5) is 16.2 Å². The number of aryl methyl sites for hydroxylation is 2. The highest BCUT2D eigenvalue weighted by Crippen LogP contribution is 2.22. The molecular formula is C19H23N3O2. The van der Waals surface area contributed by atoms with Crippen LogP contribution in [0.5, 0.6) is 5.75 Å². The normalized spacial score (nSPS) is 14.6. The lowest BCUT2D eigenvalue weighted by atomic mass is 10.1. The number of piperazine rings is 1. The number of amides is 2. The molecule has 0 saturated carbocycles. The molecule has 1 aliphatic rings. The summed E-state index contributed by atoms with van der Waals surface area (Å²) in [5.74, 6) is 0.266. The molecule has 3 rings (SSSR count). The summed E-state index contributed by atoms with van der Waals surface area (Å²) < 4.78 is 0. The highest BCUT2D eigenvalue weighted by Gasteiger charge is 2.21. The predicted molar refractivity (Wildman–Crippen MR) is 96.8 cm³/mol. The molecule has 5 nitrogen and oxygen atoms in total. The molecule has 2 N–H and O–H groups in total. The average molecular weight is 325 g/mol. The first-order chi connectivity index (χ1) is 11.5. The molecule has 2 amide bonds. The van der Waals surface area contributed by atoms with Gasteiger partial charge >= 0.3 is 6.03 Å². The van der Waals surface area contributed by atoms with Gasteiger partial charge in [-0.25, -0.2) is 4.79 Å². The number of hydrogen-bond donors (Lipinski definition) is 2. The topological polar surface area (TPSA) is 55.8 Å². The maximum absolute atomic E-state index is 12.5. The summed E-state index contributed by atoms with van der Waals surface area (Å²) in [5, 5.41) is 12.6. The third-order valence-electron chi connectivity index (χ3n) is 4.40. The van der Waals surface area contributed by atoms with Crippen molar-refractivity contribution in [1.29, 1.82) is 0 Å². The zero-order valence-corrected chi connectivity index (χ0v) is 14.1. The lowest BCUT2D eigenvalue weighted by molar-refractivity contribution is 0.208. The van der Waals surface area contributed by atoms with Gasteiger partial charge in [0.05, 0.1) is 0 Å². The van der Waals surface area contributed by atoms with Crippen molar-refractivity contribution >= 4 is 17.4 Å². The molecule has 0 bridgehead atoms. The Bertz CT molecular complexity index is 737. The van der Waals surface area contributed by atoms with Gasteiger partial charge < -0.3 is 20.2 Å². The monoisotopic (exact) mass is 325 g/mol. The number of carbonyl (C=O) groups is 1. The minimum Gasteiger partial charge on any atom is -0.508 e. The fourth-order valence-electron chi connectivity index (χ4n) is 2.92. The van der Waals surface area contributed by atoms with Gasteiger partial charge in [0.15, 0.2) is 0 Å². The lowest BCUT2D eigenvalue weighted by Gasteiger charge is -2.36. The molecule has 0 aliphatic carbocycles. The second-order valence-electron chi connectivity index (χ2n) is 6.24. The number of benzene rings is 2.